The number of nitrogens with zero attached hydrogens (tertiary/aromatic N) is 1. The van der Waals surface area contributed by atoms with Gasteiger partial charge in [-0.2, -0.15) is 0 Å². The first kappa shape index (κ1) is 20.2. The quantitative estimate of drug-likeness (QED) is 0.570. The summed E-state index contributed by atoms with van der Waals surface area (Å²) in [5.41, 5.74) is 0.760. The fraction of sp³-hybridized carbons (Fsp3) is 0.200. The maximum Gasteiger partial charge on any atom is 0.322 e. The molecule has 1 aliphatic heterocycles. The second kappa shape index (κ2) is 7.66. The van der Waals surface area contributed by atoms with Crippen molar-refractivity contribution < 1.29 is 18.0 Å². The van der Waals surface area contributed by atoms with Crippen molar-refractivity contribution in [3.63, 3.8) is 0 Å². The first-order valence-electron chi connectivity index (χ1n) is 8.99. The highest BCUT2D eigenvalue weighted by Gasteiger charge is 2.30. The average Bonchev–Trinajstić information content (AvgIpc) is 2.71. The lowest BCUT2D eigenvalue weighted by atomic mass is 9.94. The van der Waals surface area contributed by atoms with Gasteiger partial charge in [-0.05, 0) is 35.7 Å². The summed E-state index contributed by atoms with van der Waals surface area (Å²) >= 11 is 5.75. The predicted octanol–water partition coefficient (Wildman–Crippen LogP) is 3.91. The number of hydrogen-bond acceptors (Lipinski definition) is 3. The van der Waals surface area contributed by atoms with Crippen LogP contribution in [0, 0.1) is 17.5 Å². The van der Waals surface area contributed by atoms with Gasteiger partial charge in [0.2, 0.25) is 0 Å². The highest BCUT2D eigenvalue weighted by molar-refractivity contribution is 6.31. The summed E-state index contributed by atoms with van der Waals surface area (Å²) in [5.74, 6) is -2.82. The number of H-pyrrole nitrogens is 1. The van der Waals surface area contributed by atoms with Gasteiger partial charge in [-0.15, -0.1) is 0 Å². The van der Waals surface area contributed by atoms with Crippen molar-refractivity contribution in [1.82, 2.24) is 15.2 Å². The van der Waals surface area contributed by atoms with Crippen LogP contribution in [0.25, 0.3) is 10.8 Å². The molecule has 2 heterocycles. The van der Waals surface area contributed by atoms with Crippen LogP contribution in [0.2, 0.25) is 5.02 Å². The van der Waals surface area contributed by atoms with Gasteiger partial charge < -0.3 is 20.5 Å². The van der Waals surface area contributed by atoms with Crippen molar-refractivity contribution in [3.05, 3.63) is 74.4 Å². The van der Waals surface area contributed by atoms with E-state index in [9.17, 15) is 22.8 Å². The van der Waals surface area contributed by atoms with E-state index in [1.807, 2.05) is 0 Å². The summed E-state index contributed by atoms with van der Waals surface area (Å²) in [7, 11) is 1.53. The van der Waals surface area contributed by atoms with Crippen LogP contribution in [0.1, 0.15) is 17.3 Å². The number of likely N-dealkylation sites (N-methyl/N-ethyl adjacent to an activating group) is 1. The Balaban J connectivity index is 1.73. The summed E-state index contributed by atoms with van der Waals surface area (Å²) < 4.78 is 41.0. The number of aromatic nitrogens is 1. The molecule has 156 valence electrons. The molecule has 10 heteroatoms. The molecule has 6 nitrogen and oxygen atoms in total. The van der Waals surface area contributed by atoms with Crippen molar-refractivity contribution in [2.24, 2.45) is 0 Å². The number of pyridine rings is 1. The van der Waals surface area contributed by atoms with E-state index in [1.165, 1.54) is 24.1 Å². The topological polar surface area (TPSA) is 77.2 Å². The van der Waals surface area contributed by atoms with Crippen LogP contribution in [0.5, 0.6) is 0 Å². The van der Waals surface area contributed by atoms with Crippen molar-refractivity contribution in [2.75, 3.05) is 18.9 Å². The van der Waals surface area contributed by atoms with Crippen LogP contribution in [-0.4, -0.2) is 29.5 Å². The highest BCUT2D eigenvalue weighted by atomic mass is 35.5. The van der Waals surface area contributed by atoms with Gasteiger partial charge in [-0.25, -0.2) is 18.0 Å². The zero-order valence-corrected chi connectivity index (χ0v) is 16.4. The molecule has 0 bridgehead atoms. The molecule has 0 saturated carbocycles. The number of urea groups is 1. The summed E-state index contributed by atoms with van der Waals surface area (Å²) in [4.78, 5) is 29.1. The Morgan fingerprint density at radius 1 is 1.13 bits per heavy atom. The van der Waals surface area contributed by atoms with E-state index in [1.54, 1.807) is 0 Å². The molecule has 1 aromatic heterocycles. The second-order valence-electron chi connectivity index (χ2n) is 6.97. The number of aromatic amines is 1. The Labute approximate surface area is 173 Å². The number of anilines is 1. The van der Waals surface area contributed by atoms with E-state index in [0.717, 1.165) is 18.2 Å². The minimum absolute atomic E-state index is 0.00123. The van der Waals surface area contributed by atoms with E-state index in [-0.39, 0.29) is 15.8 Å². The molecule has 0 spiro atoms. The smallest absolute Gasteiger partial charge is 0.322 e. The van der Waals surface area contributed by atoms with Crippen LogP contribution in [-0.2, 0) is 6.54 Å². The molecule has 1 aliphatic rings. The minimum Gasteiger partial charge on any atom is -0.324 e. The van der Waals surface area contributed by atoms with Gasteiger partial charge in [0.15, 0.2) is 11.6 Å². The third-order valence-corrected chi connectivity index (χ3v) is 5.41. The van der Waals surface area contributed by atoms with Gasteiger partial charge in [-0.1, -0.05) is 11.6 Å². The zero-order valence-electron chi connectivity index (χ0n) is 15.7. The van der Waals surface area contributed by atoms with Gasteiger partial charge in [-0.3, -0.25) is 4.79 Å². The molecule has 30 heavy (non-hydrogen) atoms. The number of amides is 2. The van der Waals surface area contributed by atoms with Crippen LogP contribution >= 0.6 is 11.6 Å². The molecule has 0 aliphatic carbocycles. The monoisotopic (exact) mass is 436 g/mol. The first-order valence-corrected chi connectivity index (χ1v) is 9.37. The lowest BCUT2D eigenvalue weighted by Crippen LogP contribution is -2.43. The van der Waals surface area contributed by atoms with E-state index < -0.39 is 35.1 Å². The molecule has 3 N–H and O–H groups in total. The van der Waals surface area contributed by atoms with Gasteiger partial charge in [0.05, 0.1) is 16.5 Å². The summed E-state index contributed by atoms with van der Waals surface area (Å²) in [5, 5.41) is 5.82. The number of rotatable bonds is 2. The summed E-state index contributed by atoms with van der Waals surface area (Å²) in [6.45, 7) is 0.625. The molecule has 2 amide bonds. The van der Waals surface area contributed by atoms with Gasteiger partial charge >= 0.3 is 6.03 Å². The normalized spacial score (nSPS) is 15.7. The fourth-order valence-electron chi connectivity index (χ4n) is 3.61. The Bertz CT molecular complexity index is 1230. The number of nitrogens with one attached hydrogen (secondary N) is 3. The average molecular weight is 437 g/mol. The molecule has 0 fully saturated rings. The summed E-state index contributed by atoms with van der Waals surface area (Å²) in [6.07, 6.45) is 0. The van der Waals surface area contributed by atoms with E-state index in [0.29, 0.717) is 30.0 Å². The number of carbonyl (C=O) groups excluding carboxylic acids is 1. The van der Waals surface area contributed by atoms with Crippen molar-refractivity contribution in [2.45, 2.75) is 12.6 Å². The highest BCUT2D eigenvalue weighted by Crippen LogP contribution is 2.32. The van der Waals surface area contributed by atoms with Crippen LogP contribution in [0.4, 0.5) is 23.7 Å². The Kier molecular flexibility index (Phi) is 5.17. The number of benzene rings is 2. The maximum atomic E-state index is 14.0. The van der Waals surface area contributed by atoms with Gasteiger partial charge in [0, 0.05) is 37.1 Å². The third kappa shape index (κ3) is 3.50. The molecule has 0 saturated heterocycles. The van der Waals surface area contributed by atoms with Crippen LogP contribution in [0.15, 0.2) is 35.1 Å². The third-order valence-electron chi connectivity index (χ3n) is 5.12. The largest absolute Gasteiger partial charge is 0.324 e. The molecular weight excluding hydrogens is 421 g/mol. The molecule has 4 rings (SSSR count). The molecule has 0 unspecified atom stereocenters. The summed E-state index contributed by atoms with van der Waals surface area (Å²) in [6, 6.07) is 4.48. The fourth-order valence-corrected chi connectivity index (χ4v) is 3.79. The Morgan fingerprint density at radius 3 is 2.53 bits per heavy atom. The lowest BCUT2D eigenvalue weighted by Gasteiger charge is -2.34. The molecule has 0 radical (unpaired) electrons. The van der Waals surface area contributed by atoms with Crippen molar-refractivity contribution in [1.29, 1.82) is 0 Å². The number of fused-ring (bicyclic) bond motifs is 3. The minimum atomic E-state index is -1.13. The SMILES string of the molecule is CN(C(=O)Nc1ccc(F)c(Cl)c1)[C@H]1CNCc2[nH]c(=O)c3cc(F)c(F)cc3c21. The number of halogens is 4. The molecule has 2 aromatic carbocycles. The van der Waals surface area contributed by atoms with E-state index >= 15 is 0 Å². The van der Waals surface area contributed by atoms with Crippen molar-refractivity contribution in [3.8, 4) is 0 Å². The van der Waals surface area contributed by atoms with Crippen LogP contribution in [0.3, 0.4) is 0 Å². The maximum absolute atomic E-state index is 14.0. The number of carbonyl (C=O) groups is 1. The van der Waals surface area contributed by atoms with Gasteiger partial charge in [0.25, 0.3) is 5.56 Å². The Hall–Kier alpha value is -3.04. The van der Waals surface area contributed by atoms with Crippen molar-refractivity contribution >= 4 is 34.1 Å². The number of hydrogen-bond donors (Lipinski definition) is 3. The first-order chi connectivity index (χ1) is 14.3. The van der Waals surface area contributed by atoms with Gasteiger partial charge in [0.1, 0.15) is 5.82 Å². The lowest BCUT2D eigenvalue weighted by molar-refractivity contribution is 0.200. The van der Waals surface area contributed by atoms with Crippen LogP contribution < -0.4 is 16.2 Å². The van der Waals surface area contributed by atoms with E-state index in [4.69, 9.17) is 11.6 Å². The zero-order chi connectivity index (χ0) is 21.6. The standard InChI is InChI=1S/C20H16ClF3N4O2/c1-28(20(30)26-9-2-3-13(22)12(21)4-9)17-8-25-7-16-18(17)10-5-14(23)15(24)6-11(10)19(29)27-16/h2-6,17,25H,7-8H2,1H3,(H,26,30)(H,27,29)/t17-/m0/s1. The molecule has 1 atom stereocenters. The molecule has 3 aromatic rings. The predicted molar refractivity (Wildman–Crippen MR) is 107 cm³/mol. The Morgan fingerprint density at radius 2 is 1.83 bits per heavy atom. The second-order valence-corrected chi connectivity index (χ2v) is 7.38. The van der Waals surface area contributed by atoms with E-state index in [2.05, 4.69) is 15.6 Å². The molecular formula is C20H16ClF3N4O2.